The molecule has 140 valence electrons. The zero-order valence-electron chi connectivity index (χ0n) is 15.3. The molecule has 2 aromatic carbocycles. The number of rotatable bonds is 5. The number of fused-ring (bicyclic) bond motifs is 1. The third kappa shape index (κ3) is 3.52. The van der Waals surface area contributed by atoms with Crippen LogP contribution >= 0.6 is 11.3 Å². The van der Waals surface area contributed by atoms with Crippen molar-refractivity contribution in [3.05, 3.63) is 80.4 Å². The average Bonchev–Trinajstić information content (AvgIpc) is 3.26. The Balaban J connectivity index is 1.68. The summed E-state index contributed by atoms with van der Waals surface area (Å²) in [6.07, 6.45) is 5.51. The highest BCUT2D eigenvalue weighted by atomic mass is 32.1. The van der Waals surface area contributed by atoms with Crippen molar-refractivity contribution in [2.75, 3.05) is 14.2 Å². The van der Waals surface area contributed by atoms with Gasteiger partial charge in [0.25, 0.3) is 5.56 Å². The van der Waals surface area contributed by atoms with Gasteiger partial charge in [0.2, 0.25) is 4.96 Å². The largest absolute Gasteiger partial charge is 0.493 e. The number of nitrogens with zero attached hydrogens (tertiary/aromatic N) is 3. The molecule has 0 saturated heterocycles. The van der Waals surface area contributed by atoms with Crippen molar-refractivity contribution in [1.82, 2.24) is 14.6 Å². The topological polar surface area (TPSA) is 65.7 Å². The molecule has 0 radical (unpaired) electrons. The number of thiazole rings is 1. The van der Waals surface area contributed by atoms with Gasteiger partial charge in [-0.25, -0.2) is 0 Å². The van der Waals surface area contributed by atoms with Crippen LogP contribution < -0.4 is 19.6 Å². The fraction of sp³-hybridized carbons (Fsp3) is 0.0952. The number of methoxy groups -OCH3 is 2. The number of benzene rings is 2. The second-order valence-electron chi connectivity index (χ2n) is 5.94. The molecule has 0 bridgehead atoms. The van der Waals surface area contributed by atoms with E-state index in [0.29, 0.717) is 26.8 Å². The van der Waals surface area contributed by atoms with E-state index >= 15 is 0 Å². The Morgan fingerprint density at radius 3 is 2.46 bits per heavy atom. The molecule has 2 aromatic heterocycles. The van der Waals surface area contributed by atoms with Crippen LogP contribution in [0, 0.1) is 0 Å². The molecular formula is C21H17N3O3S. The molecule has 0 aliphatic heterocycles. The van der Waals surface area contributed by atoms with E-state index in [4.69, 9.17) is 9.47 Å². The van der Waals surface area contributed by atoms with Gasteiger partial charge in [-0.2, -0.15) is 9.50 Å². The van der Waals surface area contributed by atoms with E-state index in [2.05, 4.69) is 10.1 Å². The highest BCUT2D eigenvalue weighted by Crippen LogP contribution is 2.27. The minimum absolute atomic E-state index is 0.193. The molecule has 6 nitrogen and oxygen atoms in total. The predicted octanol–water partition coefficient (Wildman–Crippen LogP) is 2.89. The van der Waals surface area contributed by atoms with Gasteiger partial charge in [-0.15, -0.1) is 5.10 Å². The van der Waals surface area contributed by atoms with Crippen LogP contribution in [0.25, 0.3) is 23.2 Å². The van der Waals surface area contributed by atoms with Crippen LogP contribution in [-0.4, -0.2) is 28.8 Å². The fourth-order valence-electron chi connectivity index (χ4n) is 2.75. The lowest BCUT2D eigenvalue weighted by molar-refractivity contribution is 0.355. The Kier molecular flexibility index (Phi) is 4.90. The van der Waals surface area contributed by atoms with Gasteiger partial charge in [0.05, 0.1) is 18.8 Å². The van der Waals surface area contributed by atoms with E-state index in [0.717, 1.165) is 11.1 Å². The smallest absolute Gasteiger partial charge is 0.291 e. The summed E-state index contributed by atoms with van der Waals surface area (Å²) >= 11 is 1.30. The van der Waals surface area contributed by atoms with Gasteiger partial charge in [-0.1, -0.05) is 53.8 Å². The molecule has 0 unspecified atom stereocenters. The summed E-state index contributed by atoms with van der Waals surface area (Å²) in [4.78, 5) is 17.6. The quantitative estimate of drug-likeness (QED) is 0.523. The lowest BCUT2D eigenvalue weighted by atomic mass is 10.2. The SMILES string of the molecule is COc1ccc(/C=c2/sc3nc(/C=C/c4ccccc4)nn3c2=O)cc1OC. The van der Waals surface area contributed by atoms with Gasteiger partial charge >= 0.3 is 0 Å². The van der Waals surface area contributed by atoms with Crippen molar-refractivity contribution in [3.63, 3.8) is 0 Å². The van der Waals surface area contributed by atoms with E-state index in [1.807, 2.05) is 48.5 Å². The Bertz CT molecular complexity index is 1260. The molecule has 28 heavy (non-hydrogen) atoms. The van der Waals surface area contributed by atoms with Gasteiger partial charge in [0.1, 0.15) is 0 Å². The zero-order chi connectivity index (χ0) is 19.5. The van der Waals surface area contributed by atoms with Gasteiger partial charge in [-0.05, 0) is 35.4 Å². The molecule has 0 spiro atoms. The maximum atomic E-state index is 12.7. The molecule has 0 amide bonds. The van der Waals surface area contributed by atoms with Crippen LogP contribution in [0.2, 0.25) is 0 Å². The van der Waals surface area contributed by atoms with Crippen LogP contribution in [-0.2, 0) is 0 Å². The fourth-order valence-corrected chi connectivity index (χ4v) is 3.66. The number of ether oxygens (including phenoxy) is 2. The first-order valence-corrected chi connectivity index (χ1v) is 9.36. The lowest BCUT2D eigenvalue weighted by Crippen LogP contribution is -2.23. The third-order valence-electron chi connectivity index (χ3n) is 4.13. The first kappa shape index (κ1) is 17.9. The summed E-state index contributed by atoms with van der Waals surface area (Å²) in [7, 11) is 3.16. The summed E-state index contributed by atoms with van der Waals surface area (Å²) in [6, 6.07) is 15.4. The van der Waals surface area contributed by atoms with Gasteiger partial charge < -0.3 is 9.47 Å². The van der Waals surface area contributed by atoms with Crippen molar-refractivity contribution in [1.29, 1.82) is 0 Å². The Hall–Kier alpha value is -3.45. The molecule has 0 aliphatic rings. The van der Waals surface area contributed by atoms with Crippen LogP contribution in [0.1, 0.15) is 17.0 Å². The maximum Gasteiger partial charge on any atom is 0.291 e. The van der Waals surface area contributed by atoms with Crippen molar-refractivity contribution >= 4 is 34.5 Å². The summed E-state index contributed by atoms with van der Waals surface area (Å²) in [6.45, 7) is 0. The van der Waals surface area contributed by atoms with E-state index in [-0.39, 0.29) is 5.56 Å². The number of hydrogen-bond acceptors (Lipinski definition) is 6. The Labute approximate surface area is 165 Å². The second kappa shape index (κ2) is 7.66. The zero-order valence-corrected chi connectivity index (χ0v) is 16.1. The van der Waals surface area contributed by atoms with E-state index in [1.54, 1.807) is 32.4 Å². The maximum absolute atomic E-state index is 12.7. The highest BCUT2D eigenvalue weighted by Gasteiger charge is 2.09. The second-order valence-corrected chi connectivity index (χ2v) is 6.95. The van der Waals surface area contributed by atoms with Crippen LogP contribution in [0.3, 0.4) is 0 Å². The minimum Gasteiger partial charge on any atom is -0.493 e. The summed E-state index contributed by atoms with van der Waals surface area (Å²) < 4.78 is 12.4. The van der Waals surface area contributed by atoms with Crippen LogP contribution in [0.5, 0.6) is 11.5 Å². The predicted molar refractivity (Wildman–Crippen MR) is 111 cm³/mol. The minimum atomic E-state index is -0.193. The number of aromatic nitrogens is 3. The van der Waals surface area contributed by atoms with Crippen LogP contribution in [0.4, 0.5) is 0 Å². The van der Waals surface area contributed by atoms with Crippen molar-refractivity contribution in [2.45, 2.75) is 0 Å². The van der Waals surface area contributed by atoms with Gasteiger partial charge in [-0.3, -0.25) is 4.79 Å². The van der Waals surface area contributed by atoms with Crippen molar-refractivity contribution < 1.29 is 9.47 Å². The standard InChI is InChI=1S/C21H17N3O3S/c1-26-16-10-8-15(12-17(16)27-2)13-18-20(25)24-21(28-18)22-19(23-24)11-9-14-6-4-3-5-7-14/h3-13H,1-2H3/b11-9+,18-13+. The van der Waals surface area contributed by atoms with Crippen molar-refractivity contribution in [2.24, 2.45) is 0 Å². The van der Waals surface area contributed by atoms with Crippen molar-refractivity contribution in [3.8, 4) is 11.5 Å². The van der Waals surface area contributed by atoms with Crippen LogP contribution in [0.15, 0.2) is 53.3 Å². The molecule has 0 N–H and O–H groups in total. The Morgan fingerprint density at radius 2 is 1.75 bits per heavy atom. The Morgan fingerprint density at radius 1 is 0.964 bits per heavy atom. The molecule has 4 aromatic rings. The molecule has 0 saturated carbocycles. The lowest BCUT2D eigenvalue weighted by Gasteiger charge is -2.07. The highest BCUT2D eigenvalue weighted by molar-refractivity contribution is 7.15. The summed E-state index contributed by atoms with van der Waals surface area (Å²) in [5.74, 6) is 1.75. The number of hydrogen-bond donors (Lipinski definition) is 0. The first-order chi connectivity index (χ1) is 13.7. The summed E-state index contributed by atoms with van der Waals surface area (Å²) in [5.41, 5.74) is 1.69. The third-order valence-corrected chi connectivity index (χ3v) is 5.09. The van der Waals surface area contributed by atoms with E-state index in [1.165, 1.54) is 15.9 Å². The molecule has 0 aliphatic carbocycles. The first-order valence-electron chi connectivity index (χ1n) is 8.54. The normalized spacial score (nSPS) is 12.1. The van der Waals surface area contributed by atoms with Gasteiger partial charge in [0.15, 0.2) is 17.3 Å². The summed E-state index contributed by atoms with van der Waals surface area (Å²) in [5, 5.41) is 4.30. The monoisotopic (exact) mass is 391 g/mol. The van der Waals surface area contributed by atoms with E-state index < -0.39 is 0 Å². The molecule has 0 fully saturated rings. The molecule has 2 heterocycles. The molecule has 7 heteroatoms. The molecule has 0 atom stereocenters. The molecular weight excluding hydrogens is 374 g/mol. The average molecular weight is 391 g/mol. The van der Waals surface area contributed by atoms with E-state index in [9.17, 15) is 4.79 Å². The van der Waals surface area contributed by atoms with Gasteiger partial charge in [0, 0.05) is 0 Å². The molecule has 4 rings (SSSR count).